The van der Waals surface area contributed by atoms with Gasteiger partial charge in [0.25, 0.3) is 0 Å². The lowest BCUT2D eigenvalue weighted by molar-refractivity contribution is 1.14. The van der Waals surface area contributed by atoms with Gasteiger partial charge in [0, 0.05) is 20.2 Å². The molecule has 0 unspecified atom stereocenters. The predicted octanol–water partition coefficient (Wildman–Crippen LogP) is 2.93. The molecule has 0 saturated carbocycles. The molecule has 18 heavy (non-hydrogen) atoms. The minimum atomic E-state index is -0.395. The van der Waals surface area contributed by atoms with Gasteiger partial charge in [0.1, 0.15) is 10.6 Å². The van der Waals surface area contributed by atoms with Crippen LogP contribution >= 0.6 is 22.7 Å². The van der Waals surface area contributed by atoms with E-state index in [1.807, 2.05) is 0 Å². The topological polar surface area (TPSA) is 71.8 Å². The number of H-pyrrole nitrogens is 1. The number of benzene rings is 1. The molecule has 0 aliphatic heterocycles. The van der Waals surface area contributed by atoms with Gasteiger partial charge in [0.05, 0.1) is 5.39 Å². The molecule has 0 bridgehead atoms. The Morgan fingerprint density at radius 1 is 1.17 bits per heavy atom. The predicted molar refractivity (Wildman–Crippen MR) is 77.5 cm³/mol. The Morgan fingerprint density at radius 3 is 2.89 bits per heavy atom. The Morgan fingerprint density at radius 2 is 2.00 bits per heavy atom. The van der Waals surface area contributed by atoms with Crippen molar-refractivity contribution < 1.29 is 0 Å². The second-order valence-electron chi connectivity index (χ2n) is 4.01. The first-order chi connectivity index (χ1) is 8.74. The molecule has 1 aromatic carbocycles. The van der Waals surface area contributed by atoms with E-state index in [-0.39, 0.29) is 0 Å². The van der Waals surface area contributed by atoms with Gasteiger partial charge >= 0.3 is 5.69 Å². The highest BCUT2D eigenvalue weighted by Crippen LogP contribution is 2.40. The normalized spacial score (nSPS) is 11.8. The summed E-state index contributed by atoms with van der Waals surface area (Å²) < 4.78 is 2.32. The van der Waals surface area contributed by atoms with Crippen LogP contribution in [0.5, 0.6) is 0 Å². The second kappa shape index (κ2) is 3.30. The van der Waals surface area contributed by atoms with Crippen LogP contribution in [0.1, 0.15) is 0 Å². The van der Waals surface area contributed by atoms with E-state index in [1.165, 1.54) is 21.4 Å². The van der Waals surface area contributed by atoms with Crippen LogP contribution in [0.4, 0.5) is 5.82 Å². The zero-order chi connectivity index (χ0) is 12.3. The number of rotatable bonds is 0. The summed E-state index contributed by atoms with van der Waals surface area (Å²) in [4.78, 5) is 18.6. The molecular weight excluding hydrogens is 266 g/mol. The number of aromatic nitrogens is 2. The summed E-state index contributed by atoms with van der Waals surface area (Å²) in [6, 6.07) is 6.24. The standard InChI is InChI=1S/C12H7N3OS2/c13-10-9-8-5-3-4-17-6(5)1-2-7(8)18-11(9)15-12(16)14-10/h1-4H,(H3,13,14,15,16). The molecule has 3 heterocycles. The fourth-order valence-corrected chi connectivity index (χ4v) is 4.15. The Kier molecular flexibility index (Phi) is 1.84. The number of nitrogen functional groups attached to an aromatic ring is 1. The summed E-state index contributed by atoms with van der Waals surface area (Å²) in [5.41, 5.74) is 5.55. The van der Waals surface area contributed by atoms with E-state index in [1.54, 1.807) is 11.3 Å². The fraction of sp³-hybridized carbons (Fsp3) is 0. The van der Waals surface area contributed by atoms with Crippen LogP contribution in [0.3, 0.4) is 0 Å². The minimum Gasteiger partial charge on any atom is -0.385 e. The quantitative estimate of drug-likeness (QED) is 0.517. The number of aromatic amines is 1. The lowest BCUT2D eigenvalue weighted by Gasteiger charge is -1.97. The van der Waals surface area contributed by atoms with Gasteiger partial charge < -0.3 is 5.73 Å². The number of nitrogens with two attached hydrogens (primary N) is 1. The second-order valence-corrected chi connectivity index (χ2v) is 5.99. The lowest BCUT2D eigenvalue weighted by atomic mass is 10.1. The van der Waals surface area contributed by atoms with Crippen molar-refractivity contribution in [2.24, 2.45) is 0 Å². The van der Waals surface area contributed by atoms with Gasteiger partial charge in [-0.3, -0.25) is 4.98 Å². The number of hydrogen-bond donors (Lipinski definition) is 2. The molecule has 0 aliphatic rings. The number of fused-ring (bicyclic) bond motifs is 5. The van der Waals surface area contributed by atoms with Crippen LogP contribution < -0.4 is 11.4 Å². The summed E-state index contributed by atoms with van der Waals surface area (Å²) in [6.07, 6.45) is 0. The third-order valence-electron chi connectivity index (χ3n) is 2.98. The maximum atomic E-state index is 11.4. The Bertz CT molecular complexity index is 964. The molecule has 0 saturated heterocycles. The van der Waals surface area contributed by atoms with Crippen molar-refractivity contribution in [2.75, 3.05) is 5.73 Å². The third kappa shape index (κ3) is 1.19. The molecule has 3 N–H and O–H groups in total. The third-order valence-corrected chi connectivity index (χ3v) is 4.91. The molecule has 0 atom stereocenters. The summed E-state index contributed by atoms with van der Waals surface area (Å²) in [7, 11) is 0. The van der Waals surface area contributed by atoms with E-state index >= 15 is 0 Å². The van der Waals surface area contributed by atoms with Crippen LogP contribution in [-0.4, -0.2) is 9.97 Å². The summed E-state index contributed by atoms with van der Waals surface area (Å²) in [6.45, 7) is 0. The van der Waals surface area contributed by atoms with Crippen LogP contribution in [0.15, 0.2) is 28.4 Å². The molecule has 4 rings (SSSR count). The molecule has 0 aliphatic carbocycles. The first-order valence-corrected chi connectivity index (χ1v) is 7.02. The fourth-order valence-electron chi connectivity index (χ4n) is 2.26. The number of nitrogens with zero attached hydrogens (tertiary/aromatic N) is 1. The highest BCUT2D eigenvalue weighted by atomic mass is 32.1. The van der Waals surface area contributed by atoms with Crippen LogP contribution in [0.25, 0.3) is 30.4 Å². The van der Waals surface area contributed by atoms with E-state index in [2.05, 4.69) is 33.5 Å². The summed E-state index contributed by atoms with van der Waals surface area (Å²) in [5.74, 6) is 0.398. The van der Waals surface area contributed by atoms with E-state index < -0.39 is 5.69 Å². The molecule has 3 aromatic heterocycles. The van der Waals surface area contributed by atoms with Crippen LogP contribution in [-0.2, 0) is 0 Å². The van der Waals surface area contributed by atoms with Crippen molar-refractivity contribution in [2.45, 2.75) is 0 Å². The molecular formula is C12H7N3OS2. The largest absolute Gasteiger partial charge is 0.385 e. The number of anilines is 1. The van der Waals surface area contributed by atoms with Crippen LogP contribution in [0, 0.1) is 0 Å². The van der Waals surface area contributed by atoms with Crippen molar-refractivity contribution in [3.8, 4) is 0 Å². The Labute approximate surface area is 109 Å². The van der Waals surface area contributed by atoms with Gasteiger partial charge in [0.2, 0.25) is 0 Å². The summed E-state index contributed by atoms with van der Waals surface area (Å²) >= 11 is 3.20. The molecule has 0 amide bonds. The van der Waals surface area contributed by atoms with Crippen molar-refractivity contribution in [3.63, 3.8) is 0 Å². The number of nitrogens with one attached hydrogen (secondary N) is 1. The van der Waals surface area contributed by atoms with Crippen molar-refractivity contribution in [1.29, 1.82) is 0 Å². The minimum absolute atomic E-state index is 0.395. The summed E-state index contributed by atoms with van der Waals surface area (Å²) in [5, 5.41) is 5.18. The van der Waals surface area contributed by atoms with Crippen molar-refractivity contribution in [3.05, 3.63) is 34.1 Å². The van der Waals surface area contributed by atoms with Gasteiger partial charge in [-0.1, -0.05) is 0 Å². The highest BCUT2D eigenvalue weighted by Gasteiger charge is 2.13. The highest BCUT2D eigenvalue weighted by molar-refractivity contribution is 7.26. The molecule has 0 radical (unpaired) electrons. The number of hydrogen-bond acceptors (Lipinski definition) is 5. The lowest BCUT2D eigenvalue weighted by Crippen LogP contribution is -2.11. The number of thiophene rings is 2. The maximum absolute atomic E-state index is 11.4. The first-order valence-electron chi connectivity index (χ1n) is 5.32. The van der Waals surface area contributed by atoms with Gasteiger partial charge in [-0.05, 0) is 23.6 Å². The van der Waals surface area contributed by atoms with Gasteiger partial charge in [0.15, 0.2) is 0 Å². The molecule has 4 nitrogen and oxygen atoms in total. The molecule has 0 fully saturated rings. The van der Waals surface area contributed by atoms with Crippen LogP contribution in [0.2, 0.25) is 0 Å². The average Bonchev–Trinajstić information content (AvgIpc) is 2.89. The van der Waals surface area contributed by atoms with Gasteiger partial charge in [-0.2, -0.15) is 4.98 Å². The molecule has 88 valence electrons. The van der Waals surface area contributed by atoms with E-state index in [0.29, 0.717) is 10.6 Å². The first kappa shape index (κ1) is 10.0. The Hall–Kier alpha value is -1.92. The van der Waals surface area contributed by atoms with Gasteiger partial charge in [-0.15, -0.1) is 22.7 Å². The van der Waals surface area contributed by atoms with E-state index in [4.69, 9.17) is 5.73 Å². The molecule has 0 spiro atoms. The Balaban J connectivity index is 2.42. The average molecular weight is 273 g/mol. The van der Waals surface area contributed by atoms with E-state index in [0.717, 1.165) is 15.5 Å². The zero-order valence-corrected chi connectivity index (χ0v) is 10.7. The zero-order valence-electron chi connectivity index (χ0n) is 9.06. The van der Waals surface area contributed by atoms with Crippen molar-refractivity contribution >= 4 is 58.9 Å². The van der Waals surface area contributed by atoms with Gasteiger partial charge in [-0.25, -0.2) is 4.79 Å². The monoisotopic (exact) mass is 273 g/mol. The smallest absolute Gasteiger partial charge is 0.347 e. The van der Waals surface area contributed by atoms with Crippen molar-refractivity contribution in [1.82, 2.24) is 9.97 Å². The van der Waals surface area contributed by atoms with E-state index in [9.17, 15) is 4.79 Å². The maximum Gasteiger partial charge on any atom is 0.347 e. The SMILES string of the molecule is Nc1[nH]c(=O)nc2sc3ccc4sccc4c3c12. The molecule has 4 aromatic rings. The molecule has 6 heteroatoms.